The molecule has 6 aliphatic rings. The van der Waals surface area contributed by atoms with Crippen LogP contribution in [-0.4, -0.2) is 75.2 Å². The van der Waals surface area contributed by atoms with Gasteiger partial charge in [-0.15, -0.1) is 11.3 Å². The van der Waals surface area contributed by atoms with Gasteiger partial charge >= 0.3 is 0 Å². The number of nitrogens with zero attached hydrogens (tertiary/aromatic N) is 1. The average Bonchev–Trinajstić information content (AvgIpc) is 3.77. The molecule has 44 heavy (non-hydrogen) atoms. The molecule has 2 aromatic heterocycles. The van der Waals surface area contributed by atoms with E-state index in [9.17, 15) is 25.2 Å². The van der Waals surface area contributed by atoms with Crippen molar-refractivity contribution in [2.45, 2.75) is 83.0 Å². The maximum atomic E-state index is 14.4. The van der Waals surface area contributed by atoms with Gasteiger partial charge in [-0.25, -0.2) is 0 Å². The van der Waals surface area contributed by atoms with Crippen molar-refractivity contribution in [2.24, 2.45) is 33.5 Å². The number of allylic oxidation sites excluding steroid dienone is 4. The molecule has 7 nitrogen and oxygen atoms in total. The number of aliphatic hydroxyl groups excluding tert-OH is 3. The number of thiophene rings is 1. The van der Waals surface area contributed by atoms with Crippen molar-refractivity contribution in [1.29, 1.82) is 0 Å². The summed E-state index contributed by atoms with van der Waals surface area (Å²) in [4.78, 5) is 17.8. The quantitative estimate of drug-likeness (QED) is 0.218. The molecular formula is C36H47NO6S. The van der Waals surface area contributed by atoms with Crippen LogP contribution < -0.4 is 0 Å². The maximum Gasteiger partial charge on any atom is 0.224 e. The van der Waals surface area contributed by atoms with E-state index < -0.39 is 28.6 Å². The molecule has 0 amide bonds. The van der Waals surface area contributed by atoms with E-state index in [2.05, 4.69) is 48.4 Å². The Labute approximate surface area is 264 Å². The first kappa shape index (κ1) is 30.6. The van der Waals surface area contributed by atoms with Gasteiger partial charge in [0.25, 0.3) is 0 Å². The van der Waals surface area contributed by atoms with Crippen LogP contribution in [-0.2, 0) is 6.42 Å². The summed E-state index contributed by atoms with van der Waals surface area (Å²) in [6, 6.07) is 7.66. The van der Waals surface area contributed by atoms with Crippen LogP contribution in [0.5, 0.6) is 0 Å². The van der Waals surface area contributed by atoms with Gasteiger partial charge in [-0.05, 0) is 92.2 Å². The molecule has 4 N–H and O–H groups in total. The van der Waals surface area contributed by atoms with Crippen molar-refractivity contribution >= 4 is 17.1 Å². The molecule has 8 heteroatoms. The number of carbonyl (C=O) groups is 1. The third-order valence-corrected chi connectivity index (χ3v) is 14.1. The first-order chi connectivity index (χ1) is 21.0. The Kier molecular flexibility index (Phi) is 7.47. The van der Waals surface area contributed by atoms with E-state index in [0.717, 1.165) is 44.1 Å². The monoisotopic (exact) mass is 621 g/mol. The van der Waals surface area contributed by atoms with Crippen molar-refractivity contribution in [3.63, 3.8) is 0 Å². The van der Waals surface area contributed by atoms with Gasteiger partial charge in [0, 0.05) is 46.3 Å². The third-order valence-electron chi connectivity index (χ3n) is 13.1. The number of hydrogen-bond acceptors (Lipinski definition) is 8. The minimum atomic E-state index is -1.02. The summed E-state index contributed by atoms with van der Waals surface area (Å²) in [5, 5.41) is 45.8. The second kappa shape index (κ2) is 10.7. The summed E-state index contributed by atoms with van der Waals surface area (Å²) >= 11 is 1.71. The standard InChI is InChI=1S/C36H47NO6S/c1-32-11-7-24(39)19-34(32)14-15-36(27(20-34)31(41)28-6-3-17-43-28)29(32)8-12-33(2)30(36)9-13-35(33,42)23-37(21-25(40)22-38)16-10-26-5-4-18-44-26/h3-6,14-15,17-18,20,24-25,29-30,38-40,42H,7-13,16,19,21-23H2,1-2H3/t24?,25-,29+,30+,32+,33-,34-,35+,36+/m0/s1. The molecule has 2 heterocycles. The average molecular weight is 622 g/mol. The summed E-state index contributed by atoms with van der Waals surface area (Å²) in [6.45, 7) is 5.69. The predicted octanol–water partition coefficient (Wildman–Crippen LogP) is 5.01. The number of rotatable bonds is 10. The van der Waals surface area contributed by atoms with Crippen LogP contribution in [0.2, 0.25) is 0 Å². The van der Waals surface area contributed by atoms with Crippen LogP contribution >= 0.6 is 11.3 Å². The molecule has 0 saturated heterocycles. The zero-order valence-corrected chi connectivity index (χ0v) is 26.8. The Balaban J connectivity index is 1.27. The van der Waals surface area contributed by atoms with Gasteiger partial charge in [-0.3, -0.25) is 9.69 Å². The molecule has 0 radical (unpaired) electrons. The van der Waals surface area contributed by atoms with Gasteiger partial charge in [0.05, 0.1) is 30.7 Å². The summed E-state index contributed by atoms with van der Waals surface area (Å²) in [7, 11) is 0. The van der Waals surface area contributed by atoms with Gasteiger partial charge in [0.15, 0.2) is 5.76 Å². The predicted molar refractivity (Wildman–Crippen MR) is 169 cm³/mol. The highest BCUT2D eigenvalue weighted by molar-refractivity contribution is 7.09. The van der Waals surface area contributed by atoms with Crippen molar-refractivity contribution < 1.29 is 29.6 Å². The molecule has 3 saturated carbocycles. The molecule has 0 aliphatic heterocycles. The van der Waals surface area contributed by atoms with Gasteiger partial charge in [0.1, 0.15) is 0 Å². The van der Waals surface area contributed by atoms with Crippen molar-refractivity contribution in [3.8, 4) is 0 Å². The van der Waals surface area contributed by atoms with E-state index in [1.165, 1.54) is 4.88 Å². The molecule has 6 aliphatic carbocycles. The Morgan fingerprint density at radius 2 is 1.86 bits per heavy atom. The zero-order chi connectivity index (χ0) is 31.0. The number of carbonyl (C=O) groups excluding carboxylic acids is 1. The van der Waals surface area contributed by atoms with Crippen molar-refractivity contribution in [2.75, 3.05) is 26.2 Å². The fraction of sp³-hybridized carbons (Fsp3) is 0.639. The molecule has 8 rings (SSSR count). The Morgan fingerprint density at radius 1 is 1.09 bits per heavy atom. The second-order valence-corrected chi connectivity index (χ2v) is 16.0. The van der Waals surface area contributed by atoms with Crippen LogP contribution in [0.15, 0.2) is 64.1 Å². The maximum absolute atomic E-state index is 14.4. The fourth-order valence-electron chi connectivity index (χ4n) is 10.8. The summed E-state index contributed by atoms with van der Waals surface area (Å²) in [5.74, 6) is 0.536. The molecule has 2 spiro atoms. The summed E-state index contributed by atoms with van der Waals surface area (Å²) in [5.41, 5.74) is -1.71. The molecule has 2 aromatic rings. The molecule has 1 unspecified atom stereocenters. The largest absolute Gasteiger partial charge is 0.461 e. The van der Waals surface area contributed by atoms with E-state index in [0.29, 0.717) is 38.2 Å². The van der Waals surface area contributed by atoms with E-state index in [1.54, 1.807) is 29.7 Å². The van der Waals surface area contributed by atoms with E-state index in [4.69, 9.17) is 4.42 Å². The van der Waals surface area contributed by atoms with E-state index in [-0.39, 0.29) is 35.1 Å². The molecule has 3 fully saturated rings. The fourth-order valence-corrected chi connectivity index (χ4v) is 11.5. The van der Waals surface area contributed by atoms with E-state index in [1.807, 2.05) is 6.07 Å². The molecule has 238 valence electrons. The molecule has 2 bridgehead atoms. The number of furan rings is 1. The van der Waals surface area contributed by atoms with Crippen LogP contribution in [0.25, 0.3) is 0 Å². The minimum Gasteiger partial charge on any atom is -0.461 e. The van der Waals surface area contributed by atoms with Gasteiger partial charge in [-0.2, -0.15) is 0 Å². The van der Waals surface area contributed by atoms with Gasteiger partial charge < -0.3 is 24.8 Å². The lowest BCUT2D eigenvalue weighted by Gasteiger charge is -2.71. The van der Waals surface area contributed by atoms with Crippen molar-refractivity contribution in [1.82, 2.24) is 4.90 Å². The lowest BCUT2D eigenvalue weighted by atomic mass is 9.32. The molecule has 9 atom stereocenters. The van der Waals surface area contributed by atoms with Gasteiger partial charge in [0.2, 0.25) is 5.78 Å². The van der Waals surface area contributed by atoms with E-state index >= 15 is 0 Å². The van der Waals surface area contributed by atoms with Crippen LogP contribution in [0.1, 0.15) is 74.2 Å². The number of hydrogen-bond donors (Lipinski definition) is 4. The third kappa shape index (κ3) is 4.28. The molecule has 0 aromatic carbocycles. The number of fused-ring (bicyclic) bond motifs is 1. The highest BCUT2D eigenvalue weighted by Crippen LogP contribution is 2.78. The number of Topliss-reactive ketones (excluding diaryl/α,β-unsaturated/α-hetero) is 1. The van der Waals surface area contributed by atoms with Crippen molar-refractivity contribution in [3.05, 3.63) is 70.3 Å². The smallest absolute Gasteiger partial charge is 0.224 e. The minimum absolute atomic E-state index is 0.0454. The Bertz CT molecular complexity index is 1440. The molecular weight excluding hydrogens is 574 g/mol. The Morgan fingerprint density at radius 3 is 2.59 bits per heavy atom. The first-order valence-electron chi connectivity index (χ1n) is 16.5. The SMILES string of the molecule is C[C@]12CC[C@H]3[C@]4(C=C[C@@]5(C=C4C(=O)c4ccco4)CC(O)CC[C@]35C)[C@@H]1CC[C@@]2(O)CN(CCc1cccs1)C[C@H](O)CO. The van der Waals surface area contributed by atoms with Crippen LogP contribution in [0.4, 0.5) is 0 Å². The van der Waals surface area contributed by atoms with Crippen LogP contribution in [0.3, 0.4) is 0 Å². The first-order valence-corrected chi connectivity index (χ1v) is 17.3. The Hall–Kier alpha value is -2.07. The lowest BCUT2D eigenvalue weighted by Crippen LogP contribution is -2.67. The summed E-state index contributed by atoms with van der Waals surface area (Å²) in [6.07, 6.45) is 13.4. The lowest BCUT2D eigenvalue weighted by molar-refractivity contribution is -0.177. The number of aliphatic hydroxyl groups is 4. The van der Waals surface area contributed by atoms with Gasteiger partial charge in [-0.1, -0.05) is 38.1 Å². The zero-order valence-electron chi connectivity index (χ0n) is 26.0. The normalized spacial score (nSPS) is 41.2. The highest BCUT2D eigenvalue weighted by atomic mass is 32.1. The van der Waals surface area contributed by atoms with Crippen LogP contribution in [0, 0.1) is 33.5 Å². The second-order valence-electron chi connectivity index (χ2n) is 15.0. The summed E-state index contributed by atoms with van der Waals surface area (Å²) < 4.78 is 5.68. The topological polar surface area (TPSA) is 114 Å². The number of ketones is 1. The highest BCUT2D eigenvalue weighted by Gasteiger charge is 2.74.